The largest absolute Gasteiger partial charge is 0.474 e. The molecule has 1 amide bonds. The standard InChI is InChI=1S/C7H11NO3S/c1-5-4-8(2-3-12-5)6(9)7(10)11/h5H,2-4H2,1H3,(H,10,11). The van der Waals surface area contributed by atoms with Gasteiger partial charge in [0.1, 0.15) is 0 Å². The monoisotopic (exact) mass is 189 g/mol. The van der Waals surface area contributed by atoms with Crippen LogP contribution < -0.4 is 0 Å². The van der Waals surface area contributed by atoms with Crippen molar-refractivity contribution in [3.05, 3.63) is 0 Å². The molecule has 0 aromatic heterocycles. The molecule has 0 spiro atoms. The Morgan fingerprint density at radius 1 is 1.58 bits per heavy atom. The fourth-order valence-corrected chi connectivity index (χ4v) is 2.15. The van der Waals surface area contributed by atoms with E-state index < -0.39 is 11.9 Å². The van der Waals surface area contributed by atoms with Crippen LogP contribution in [0.4, 0.5) is 0 Å². The molecule has 1 aliphatic heterocycles. The van der Waals surface area contributed by atoms with Crippen molar-refractivity contribution >= 4 is 23.6 Å². The third-order valence-corrected chi connectivity index (χ3v) is 2.85. The van der Waals surface area contributed by atoms with Crippen molar-refractivity contribution < 1.29 is 14.7 Å². The number of carbonyl (C=O) groups excluding carboxylic acids is 1. The number of amides is 1. The van der Waals surface area contributed by atoms with Crippen LogP contribution in [0.15, 0.2) is 0 Å². The van der Waals surface area contributed by atoms with Crippen molar-refractivity contribution in [2.45, 2.75) is 12.2 Å². The molecule has 0 radical (unpaired) electrons. The summed E-state index contributed by atoms with van der Waals surface area (Å²) in [4.78, 5) is 22.7. The van der Waals surface area contributed by atoms with Gasteiger partial charge in [0.05, 0.1) is 0 Å². The maximum absolute atomic E-state index is 11.0. The SMILES string of the molecule is CC1CN(C(=O)C(=O)O)CCS1. The van der Waals surface area contributed by atoms with E-state index in [9.17, 15) is 9.59 Å². The number of rotatable bonds is 0. The molecule has 0 saturated carbocycles. The van der Waals surface area contributed by atoms with E-state index in [-0.39, 0.29) is 0 Å². The molecule has 1 N–H and O–H groups in total. The second-order valence-corrected chi connectivity index (χ2v) is 4.28. The fraction of sp³-hybridized carbons (Fsp3) is 0.714. The predicted molar refractivity (Wildman–Crippen MR) is 46.1 cm³/mol. The first-order chi connectivity index (χ1) is 5.61. The normalized spacial score (nSPS) is 23.8. The summed E-state index contributed by atoms with van der Waals surface area (Å²) in [5.74, 6) is -1.29. The molecule has 1 aliphatic rings. The second-order valence-electron chi connectivity index (χ2n) is 2.74. The summed E-state index contributed by atoms with van der Waals surface area (Å²) in [6.45, 7) is 3.10. The molecule has 5 heteroatoms. The summed E-state index contributed by atoms with van der Waals surface area (Å²) in [5.41, 5.74) is 0. The van der Waals surface area contributed by atoms with Gasteiger partial charge in [0.2, 0.25) is 0 Å². The van der Waals surface area contributed by atoms with Gasteiger partial charge >= 0.3 is 11.9 Å². The predicted octanol–water partition coefficient (Wildman–Crippen LogP) is 0.0349. The van der Waals surface area contributed by atoms with Crippen LogP contribution in [0.2, 0.25) is 0 Å². The van der Waals surface area contributed by atoms with Gasteiger partial charge in [-0.3, -0.25) is 4.79 Å². The molecule has 0 aromatic carbocycles. The minimum atomic E-state index is -1.35. The molecule has 0 aromatic rings. The number of hydrogen-bond donors (Lipinski definition) is 1. The van der Waals surface area contributed by atoms with E-state index in [2.05, 4.69) is 0 Å². The van der Waals surface area contributed by atoms with E-state index >= 15 is 0 Å². The molecule has 1 heterocycles. The molecule has 0 aliphatic carbocycles. The van der Waals surface area contributed by atoms with Gasteiger partial charge in [0.25, 0.3) is 0 Å². The molecular weight excluding hydrogens is 178 g/mol. The van der Waals surface area contributed by atoms with Crippen LogP contribution in [0, 0.1) is 0 Å². The van der Waals surface area contributed by atoms with Gasteiger partial charge in [-0.05, 0) is 0 Å². The van der Waals surface area contributed by atoms with Crippen molar-refractivity contribution in [3.8, 4) is 0 Å². The van der Waals surface area contributed by atoms with Crippen LogP contribution >= 0.6 is 11.8 Å². The quantitative estimate of drug-likeness (QED) is 0.546. The Labute approximate surface area is 74.9 Å². The maximum Gasteiger partial charge on any atom is 0.394 e. The third kappa shape index (κ3) is 2.14. The summed E-state index contributed by atoms with van der Waals surface area (Å²) in [7, 11) is 0. The van der Waals surface area contributed by atoms with Crippen LogP contribution in [0.3, 0.4) is 0 Å². The Bertz CT molecular complexity index is 207. The summed E-state index contributed by atoms with van der Waals surface area (Å²) >= 11 is 1.76. The Morgan fingerprint density at radius 2 is 2.25 bits per heavy atom. The zero-order chi connectivity index (χ0) is 9.14. The highest BCUT2D eigenvalue weighted by atomic mass is 32.2. The summed E-state index contributed by atoms with van der Waals surface area (Å²) in [5, 5.41) is 8.77. The third-order valence-electron chi connectivity index (χ3n) is 1.71. The molecule has 1 rings (SSSR count). The number of hydrogen-bond acceptors (Lipinski definition) is 3. The molecule has 1 atom stereocenters. The van der Waals surface area contributed by atoms with Gasteiger partial charge in [-0.25, -0.2) is 4.79 Å². The molecule has 1 unspecified atom stereocenters. The molecule has 4 nitrogen and oxygen atoms in total. The summed E-state index contributed by atoms with van der Waals surface area (Å²) in [6.07, 6.45) is 0. The smallest absolute Gasteiger partial charge is 0.394 e. The zero-order valence-electron chi connectivity index (χ0n) is 6.82. The zero-order valence-corrected chi connectivity index (χ0v) is 7.63. The highest BCUT2D eigenvalue weighted by Gasteiger charge is 2.25. The van der Waals surface area contributed by atoms with Crippen molar-refractivity contribution in [3.63, 3.8) is 0 Å². The van der Waals surface area contributed by atoms with Gasteiger partial charge in [-0.2, -0.15) is 11.8 Å². The van der Waals surface area contributed by atoms with Gasteiger partial charge in [-0.15, -0.1) is 0 Å². The average molecular weight is 189 g/mol. The minimum absolute atomic E-state index is 0.349. The van der Waals surface area contributed by atoms with Crippen LogP contribution in [-0.4, -0.2) is 46.0 Å². The van der Waals surface area contributed by atoms with Gasteiger partial charge in [0.15, 0.2) is 0 Å². The number of aliphatic carboxylic acids is 1. The summed E-state index contributed by atoms with van der Waals surface area (Å²) < 4.78 is 0. The van der Waals surface area contributed by atoms with Crippen molar-refractivity contribution in [2.75, 3.05) is 18.8 Å². The average Bonchev–Trinajstić information content (AvgIpc) is 2.03. The highest BCUT2D eigenvalue weighted by Crippen LogP contribution is 2.17. The number of carbonyl (C=O) groups is 2. The Hall–Kier alpha value is -0.710. The first-order valence-electron chi connectivity index (χ1n) is 3.75. The van der Waals surface area contributed by atoms with Crippen LogP contribution in [0.1, 0.15) is 6.92 Å². The lowest BCUT2D eigenvalue weighted by atomic mass is 10.3. The minimum Gasteiger partial charge on any atom is -0.474 e. The van der Waals surface area contributed by atoms with E-state index in [0.717, 1.165) is 5.75 Å². The van der Waals surface area contributed by atoms with Crippen molar-refractivity contribution in [2.24, 2.45) is 0 Å². The van der Waals surface area contributed by atoms with Crippen LogP contribution in [0.25, 0.3) is 0 Å². The Balaban J connectivity index is 2.51. The molecular formula is C7H11NO3S. The van der Waals surface area contributed by atoms with E-state index in [0.29, 0.717) is 18.3 Å². The Morgan fingerprint density at radius 3 is 2.75 bits per heavy atom. The van der Waals surface area contributed by atoms with Gasteiger partial charge < -0.3 is 10.0 Å². The molecule has 1 fully saturated rings. The highest BCUT2D eigenvalue weighted by molar-refractivity contribution is 7.99. The summed E-state index contributed by atoms with van der Waals surface area (Å²) in [6, 6.07) is 0. The van der Waals surface area contributed by atoms with Gasteiger partial charge in [0, 0.05) is 24.1 Å². The molecule has 0 bridgehead atoms. The Kier molecular flexibility index (Phi) is 2.97. The number of carboxylic acids is 1. The first-order valence-corrected chi connectivity index (χ1v) is 4.80. The second kappa shape index (κ2) is 3.80. The molecule has 1 saturated heterocycles. The number of carboxylic acid groups (broad SMARTS) is 1. The maximum atomic E-state index is 11.0. The van der Waals surface area contributed by atoms with Crippen LogP contribution in [0.5, 0.6) is 0 Å². The fourth-order valence-electron chi connectivity index (χ4n) is 1.14. The van der Waals surface area contributed by atoms with E-state index in [1.807, 2.05) is 6.92 Å². The van der Waals surface area contributed by atoms with E-state index in [4.69, 9.17) is 5.11 Å². The molecule has 12 heavy (non-hydrogen) atoms. The lowest BCUT2D eigenvalue weighted by Gasteiger charge is -2.28. The molecule has 68 valence electrons. The lowest BCUT2D eigenvalue weighted by Crippen LogP contribution is -2.44. The first kappa shape index (κ1) is 9.38. The van der Waals surface area contributed by atoms with E-state index in [1.165, 1.54) is 4.90 Å². The van der Waals surface area contributed by atoms with Gasteiger partial charge in [-0.1, -0.05) is 6.92 Å². The lowest BCUT2D eigenvalue weighted by molar-refractivity contribution is -0.155. The van der Waals surface area contributed by atoms with Crippen LogP contribution in [-0.2, 0) is 9.59 Å². The number of thioether (sulfide) groups is 1. The van der Waals surface area contributed by atoms with E-state index in [1.54, 1.807) is 11.8 Å². The number of nitrogens with zero attached hydrogens (tertiary/aromatic N) is 1. The van der Waals surface area contributed by atoms with Crippen molar-refractivity contribution in [1.29, 1.82) is 0 Å². The topological polar surface area (TPSA) is 57.6 Å². The van der Waals surface area contributed by atoms with Crippen molar-refractivity contribution in [1.82, 2.24) is 4.90 Å².